The molecule has 0 N–H and O–H groups in total. The van der Waals surface area contributed by atoms with E-state index < -0.39 is 0 Å². The van der Waals surface area contributed by atoms with Gasteiger partial charge in [-0.05, 0) is 42.8 Å². The van der Waals surface area contributed by atoms with Gasteiger partial charge < -0.3 is 4.42 Å². The standard InChI is InChI=1S/C12H9FO2/c1-8-4-9(6-10(13)5-8)12-3-2-11(7-14)15-12/h2-7H,1H3. The zero-order chi connectivity index (χ0) is 10.8. The third kappa shape index (κ3) is 1.96. The van der Waals surface area contributed by atoms with E-state index in [0.29, 0.717) is 17.6 Å². The molecule has 2 rings (SSSR count). The highest BCUT2D eigenvalue weighted by atomic mass is 19.1. The summed E-state index contributed by atoms with van der Waals surface area (Å²) < 4.78 is 18.3. The number of rotatable bonds is 2. The predicted octanol–water partition coefficient (Wildman–Crippen LogP) is 3.21. The number of furan rings is 1. The van der Waals surface area contributed by atoms with E-state index in [0.717, 1.165) is 5.56 Å². The Kier molecular flexibility index (Phi) is 2.37. The number of carbonyl (C=O) groups is 1. The van der Waals surface area contributed by atoms with Crippen LogP contribution in [0.15, 0.2) is 34.7 Å². The molecule has 0 atom stereocenters. The number of hydrogen-bond donors (Lipinski definition) is 0. The fourth-order valence-electron chi connectivity index (χ4n) is 1.45. The van der Waals surface area contributed by atoms with Crippen LogP contribution in [-0.4, -0.2) is 6.29 Å². The summed E-state index contributed by atoms with van der Waals surface area (Å²) in [6, 6.07) is 7.82. The molecule has 1 heterocycles. The summed E-state index contributed by atoms with van der Waals surface area (Å²) in [5.74, 6) is 0.431. The van der Waals surface area contributed by atoms with Crippen molar-refractivity contribution in [1.82, 2.24) is 0 Å². The summed E-state index contributed by atoms with van der Waals surface area (Å²) in [6.45, 7) is 1.80. The van der Waals surface area contributed by atoms with E-state index in [9.17, 15) is 9.18 Å². The lowest BCUT2D eigenvalue weighted by Crippen LogP contribution is -1.81. The zero-order valence-electron chi connectivity index (χ0n) is 8.16. The van der Waals surface area contributed by atoms with Crippen LogP contribution in [0.2, 0.25) is 0 Å². The van der Waals surface area contributed by atoms with E-state index >= 15 is 0 Å². The Morgan fingerprint density at radius 3 is 2.67 bits per heavy atom. The van der Waals surface area contributed by atoms with Crippen LogP contribution in [0.4, 0.5) is 4.39 Å². The molecule has 1 aromatic carbocycles. The molecule has 0 fully saturated rings. The molecule has 0 aliphatic rings. The van der Waals surface area contributed by atoms with Crippen molar-refractivity contribution in [2.24, 2.45) is 0 Å². The van der Waals surface area contributed by atoms with Crippen molar-refractivity contribution >= 4 is 6.29 Å². The monoisotopic (exact) mass is 204 g/mol. The Balaban J connectivity index is 2.48. The molecule has 1 aromatic heterocycles. The lowest BCUT2D eigenvalue weighted by Gasteiger charge is -1.99. The molecule has 0 aliphatic heterocycles. The fraction of sp³-hybridized carbons (Fsp3) is 0.0833. The number of aldehydes is 1. The van der Waals surface area contributed by atoms with E-state index in [2.05, 4.69) is 0 Å². The maximum Gasteiger partial charge on any atom is 0.185 e. The Morgan fingerprint density at radius 2 is 2.07 bits per heavy atom. The summed E-state index contributed by atoms with van der Waals surface area (Å²) in [6.07, 6.45) is 0.621. The van der Waals surface area contributed by atoms with Gasteiger partial charge in [-0.3, -0.25) is 4.79 Å². The lowest BCUT2D eigenvalue weighted by molar-refractivity contribution is 0.110. The Labute approximate surface area is 86.3 Å². The van der Waals surface area contributed by atoms with Gasteiger partial charge in [0.1, 0.15) is 11.6 Å². The number of halogens is 1. The summed E-state index contributed by atoms with van der Waals surface area (Å²) in [7, 11) is 0. The zero-order valence-corrected chi connectivity index (χ0v) is 8.16. The second-order valence-electron chi connectivity index (χ2n) is 3.34. The molecule has 15 heavy (non-hydrogen) atoms. The lowest BCUT2D eigenvalue weighted by atomic mass is 10.1. The van der Waals surface area contributed by atoms with Crippen LogP contribution in [-0.2, 0) is 0 Å². The Hall–Kier alpha value is -1.90. The molecule has 0 radical (unpaired) electrons. The highest BCUT2D eigenvalue weighted by molar-refractivity contribution is 5.72. The first-order valence-corrected chi connectivity index (χ1v) is 4.51. The molecule has 0 bridgehead atoms. The van der Waals surface area contributed by atoms with Crippen LogP contribution in [0.1, 0.15) is 16.1 Å². The van der Waals surface area contributed by atoms with Gasteiger partial charge in [0.2, 0.25) is 0 Å². The van der Waals surface area contributed by atoms with Gasteiger partial charge in [0, 0.05) is 5.56 Å². The molecular formula is C12H9FO2. The molecule has 0 spiro atoms. The number of carbonyl (C=O) groups excluding carboxylic acids is 1. The molecule has 0 amide bonds. The molecule has 0 saturated heterocycles. The van der Waals surface area contributed by atoms with Crippen LogP contribution in [0.25, 0.3) is 11.3 Å². The topological polar surface area (TPSA) is 30.2 Å². The van der Waals surface area contributed by atoms with Crippen molar-refractivity contribution < 1.29 is 13.6 Å². The Morgan fingerprint density at radius 1 is 1.27 bits per heavy atom. The molecule has 2 nitrogen and oxygen atoms in total. The van der Waals surface area contributed by atoms with Gasteiger partial charge in [-0.2, -0.15) is 0 Å². The van der Waals surface area contributed by atoms with Crippen LogP contribution in [0, 0.1) is 12.7 Å². The molecule has 0 saturated carbocycles. The number of hydrogen-bond acceptors (Lipinski definition) is 2. The maximum atomic E-state index is 13.1. The maximum absolute atomic E-state index is 13.1. The number of benzene rings is 1. The summed E-state index contributed by atoms with van der Waals surface area (Å²) in [5, 5.41) is 0. The minimum absolute atomic E-state index is 0.243. The van der Waals surface area contributed by atoms with Crippen molar-refractivity contribution in [3.8, 4) is 11.3 Å². The van der Waals surface area contributed by atoms with Gasteiger partial charge >= 0.3 is 0 Å². The molecule has 3 heteroatoms. The van der Waals surface area contributed by atoms with Crippen LogP contribution < -0.4 is 0 Å². The van der Waals surface area contributed by atoms with Gasteiger partial charge in [-0.25, -0.2) is 4.39 Å². The largest absolute Gasteiger partial charge is 0.453 e. The molecule has 2 aromatic rings. The first-order valence-electron chi connectivity index (χ1n) is 4.51. The molecule has 76 valence electrons. The average molecular weight is 204 g/mol. The first-order chi connectivity index (χ1) is 7.19. The molecule has 0 aliphatic carbocycles. The van der Waals surface area contributed by atoms with Crippen LogP contribution >= 0.6 is 0 Å². The van der Waals surface area contributed by atoms with Gasteiger partial charge in [0.25, 0.3) is 0 Å². The van der Waals surface area contributed by atoms with Gasteiger partial charge in [-0.15, -0.1) is 0 Å². The van der Waals surface area contributed by atoms with Crippen molar-refractivity contribution in [2.75, 3.05) is 0 Å². The van der Waals surface area contributed by atoms with E-state index in [1.165, 1.54) is 12.1 Å². The van der Waals surface area contributed by atoms with Crippen molar-refractivity contribution in [1.29, 1.82) is 0 Å². The minimum Gasteiger partial charge on any atom is -0.453 e. The van der Waals surface area contributed by atoms with Gasteiger partial charge in [0.15, 0.2) is 12.0 Å². The smallest absolute Gasteiger partial charge is 0.185 e. The predicted molar refractivity (Wildman–Crippen MR) is 54.2 cm³/mol. The van der Waals surface area contributed by atoms with E-state index in [-0.39, 0.29) is 11.6 Å². The number of aryl methyl sites for hydroxylation is 1. The third-order valence-corrected chi connectivity index (χ3v) is 2.07. The SMILES string of the molecule is Cc1cc(F)cc(-c2ccc(C=O)o2)c1. The van der Waals surface area contributed by atoms with E-state index in [1.807, 2.05) is 0 Å². The summed E-state index contributed by atoms with van der Waals surface area (Å²) >= 11 is 0. The Bertz CT molecular complexity index is 480. The molecule has 0 unspecified atom stereocenters. The van der Waals surface area contributed by atoms with Crippen molar-refractivity contribution in [3.63, 3.8) is 0 Å². The molecular weight excluding hydrogens is 195 g/mol. The van der Waals surface area contributed by atoms with Crippen molar-refractivity contribution in [3.05, 3.63) is 47.5 Å². The van der Waals surface area contributed by atoms with Crippen LogP contribution in [0.5, 0.6) is 0 Å². The first kappa shape index (κ1) is 9.65. The third-order valence-electron chi connectivity index (χ3n) is 2.07. The van der Waals surface area contributed by atoms with E-state index in [4.69, 9.17) is 4.42 Å². The van der Waals surface area contributed by atoms with Gasteiger partial charge in [-0.1, -0.05) is 0 Å². The van der Waals surface area contributed by atoms with Gasteiger partial charge in [0.05, 0.1) is 0 Å². The second-order valence-corrected chi connectivity index (χ2v) is 3.34. The highest BCUT2D eigenvalue weighted by Gasteiger charge is 2.05. The average Bonchev–Trinajstić information content (AvgIpc) is 2.64. The summed E-state index contributed by atoms with van der Waals surface area (Å²) in [5.41, 5.74) is 1.45. The summed E-state index contributed by atoms with van der Waals surface area (Å²) in [4.78, 5) is 10.4. The minimum atomic E-state index is -0.311. The van der Waals surface area contributed by atoms with Crippen LogP contribution in [0.3, 0.4) is 0 Å². The highest BCUT2D eigenvalue weighted by Crippen LogP contribution is 2.23. The van der Waals surface area contributed by atoms with E-state index in [1.54, 1.807) is 25.1 Å². The fourth-order valence-corrected chi connectivity index (χ4v) is 1.45. The van der Waals surface area contributed by atoms with Crippen molar-refractivity contribution in [2.45, 2.75) is 6.92 Å². The normalized spacial score (nSPS) is 10.3. The second kappa shape index (κ2) is 3.69. The quantitative estimate of drug-likeness (QED) is 0.703.